The molecule has 0 radical (unpaired) electrons. The smallest absolute Gasteiger partial charge is 0.226 e. The van der Waals surface area contributed by atoms with Crippen LogP contribution in [0.5, 0.6) is 0 Å². The molecule has 0 aromatic heterocycles. The van der Waals surface area contributed by atoms with Crippen molar-refractivity contribution in [1.29, 1.82) is 0 Å². The van der Waals surface area contributed by atoms with Crippen LogP contribution in [0.2, 0.25) is 0 Å². The molecule has 0 saturated carbocycles. The minimum absolute atomic E-state index is 0.136. The van der Waals surface area contributed by atoms with Gasteiger partial charge >= 0.3 is 0 Å². The molecule has 0 unspecified atom stereocenters. The molecule has 1 atom stereocenters. The maximum atomic E-state index is 11.1. The minimum Gasteiger partial charge on any atom is -0.226 e. The summed E-state index contributed by atoms with van der Waals surface area (Å²) >= 11 is 5.43. The van der Waals surface area contributed by atoms with Crippen LogP contribution in [-0.2, 0) is 18.9 Å². The molecular formula is C4H6Cl2O4S2. The quantitative estimate of drug-likeness (QED) is 0.508. The highest BCUT2D eigenvalue weighted by Gasteiger charge is 2.56. The van der Waals surface area contributed by atoms with Gasteiger partial charge in [-0.2, -0.15) is 0 Å². The summed E-state index contributed by atoms with van der Waals surface area (Å²) in [5.41, 5.74) is 0. The molecule has 0 N–H and O–H groups in total. The summed E-state index contributed by atoms with van der Waals surface area (Å²) < 4.78 is 41.6. The topological polar surface area (TPSA) is 68.3 Å². The Hall–Kier alpha value is 0.480. The molecule has 0 amide bonds. The summed E-state index contributed by atoms with van der Waals surface area (Å²) in [6.45, 7) is 0. The molecule has 72 valence electrons. The Labute approximate surface area is 80.2 Å². The maximum absolute atomic E-state index is 11.1. The Balaban J connectivity index is 3.36. The Morgan fingerprint density at radius 1 is 1.33 bits per heavy atom. The van der Waals surface area contributed by atoms with Crippen LogP contribution in [0.4, 0.5) is 0 Å². The van der Waals surface area contributed by atoms with E-state index in [1.165, 1.54) is 0 Å². The van der Waals surface area contributed by atoms with Crippen molar-refractivity contribution in [3.05, 3.63) is 0 Å². The highest BCUT2D eigenvalue weighted by molar-refractivity contribution is 8.24. The Morgan fingerprint density at radius 3 is 2.00 bits per heavy atom. The Kier molecular flexibility index (Phi) is 2.40. The molecule has 1 fully saturated rings. The van der Waals surface area contributed by atoms with Crippen LogP contribution in [0.15, 0.2) is 0 Å². The van der Waals surface area contributed by atoms with Gasteiger partial charge in [-0.1, -0.05) is 11.6 Å². The molecular weight excluding hydrogens is 247 g/mol. The van der Waals surface area contributed by atoms with Gasteiger partial charge in [-0.05, 0) is 12.8 Å². The minimum atomic E-state index is -4.26. The summed E-state index contributed by atoms with van der Waals surface area (Å²) in [6.07, 6.45) is 0.0977. The van der Waals surface area contributed by atoms with E-state index in [1.54, 1.807) is 0 Å². The zero-order valence-corrected chi connectivity index (χ0v) is 8.97. The van der Waals surface area contributed by atoms with Crippen molar-refractivity contribution in [2.24, 2.45) is 0 Å². The molecule has 1 heterocycles. The Bertz CT molecular complexity index is 383. The van der Waals surface area contributed by atoms with Gasteiger partial charge in [0.15, 0.2) is 9.84 Å². The molecule has 0 aromatic carbocycles. The van der Waals surface area contributed by atoms with E-state index >= 15 is 0 Å². The first-order chi connectivity index (χ1) is 5.21. The first kappa shape index (κ1) is 10.6. The maximum Gasteiger partial charge on any atom is 0.267 e. The zero-order chi connectivity index (χ0) is 9.62. The van der Waals surface area contributed by atoms with Crippen molar-refractivity contribution in [2.75, 3.05) is 5.75 Å². The second-order valence-electron chi connectivity index (χ2n) is 2.52. The van der Waals surface area contributed by atoms with Crippen LogP contribution in [0, 0.1) is 0 Å². The van der Waals surface area contributed by atoms with Gasteiger partial charge in [-0.25, -0.2) is 16.8 Å². The molecule has 0 aromatic rings. The van der Waals surface area contributed by atoms with E-state index in [2.05, 4.69) is 0 Å². The summed E-state index contributed by atoms with van der Waals surface area (Å²) in [5, 5.41) is 0. The lowest BCUT2D eigenvalue weighted by molar-refractivity contribution is 0.581. The summed E-state index contributed by atoms with van der Waals surface area (Å²) in [7, 11) is -3.13. The molecule has 4 nitrogen and oxygen atoms in total. The van der Waals surface area contributed by atoms with Crippen LogP contribution < -0.4 is 0 Å². The third kappa shape index (κ3) is 1.34. The van der Waals surface area contributed by atoms with Gasteiger partial charge < -0.3 is 0 Å². The summed E-state index contributed by atoms with van der Waals surface area (Å²) in [6, 6.07) is 0. The second-order valence-corrected chi connectivity index (χ2v) is 9.00. The average Bonchev–Trinajstić information content (AvgIpc) is 2.07. The highest BCUT2D eigenvalue weighted by Crippen LogP contribution is 2.42. The van der Waals surface area contributed by atoms with Crippen LogP contribution in [0.1, 0.15) is 12.8 Å². The van der Waals surface area contributed by atoms with Crippen molar-refractivity contribution < 1.29 is 16.8 Å². The van der Waals surface area contributed by atoms with E-state index < -0.39 is 22.4 Å². The molecule has 1 aliphatic heterocycles. The fraction of sp³-hybridized carbons (Fsp3) is 1.00. The number of sulfone groups is 1. The van der Waals surface area contributed by atoms with Crippen molar-refractivity contribution in [1.82, 2.24) is 0 Å². The van der Waals surface area contributed by atoms with E-state index in [-0.39, 0.29) is 18.6 Å². The van der Waals surface area contributed by atoms with E-state index in [0.29, 0.717) is 0 Å². The van der Waals surface area contributed by atoms with Crippen molar-refractivity contribution in [2.45, 2.75) is 16.4 Å². The second kappa shape index (κ2) is 2.73. The summed E-state index contributed by atoms with van der Waals surface area (Å²) in [4.78, 5) is 0. The first-order valence-corrected chi connectivity index (χ1v) is 7.40. The summed E-state index contributed by atoms with van der Waals surface area (Å²) in [5.74, 6) is -0.220. The van der Waals surface area contributed by atoms with Crippen molar-refractivity contribution >= 4 is 41.2 Å². The lowest BCUT2D eigenvalue weighted by Gasteiger charge is -2.14. The van der Waals surface area contributed by atoms with Gasteiger partial charge in [0.05, 0.1) is 5.75 Å². The van der Waals surface area contributed by atoms with Crippen LogP contribution in [0.3, 0.4) is 0 Å². The third-order valence-electron chi connectivity index (χ3n) is 1.72. The van der Waals surface area contributed by atoms with Crippen molar-refractivity contribution in [3.8, 4) is 0 Å². The first-order valence-electron chi connectivity index (χ1n) is 3.06. The number of halogens is 2. The molecule has 1 rings (SSSR count). The number of hydrogen-bond donors (Lipinski definition) is 0. The van der Waals surface area contributed by atoms with Gasteiger partial charge in [0.25, 0.3) is 12.6 Å². The van der Waals surface area contributed by atoms with Gasteiger partial charge in [0.1, 0.15) is 0 Å². The van der Waals surface area contributed by atoms with E-state index in [4.69, 9.17) is 22.3 Å². The van der Waals surface area contributed by atoms with E-state index in [1.807, 2.05) is 0 Å². The SMILES string of the molecule is O=S(=O)(Cl)[C@@]1(Cl)CCCS1(=O)=O. The average molecular weight is 253 g/mol. The van der Waals surface area contributed by atoms with Gasteiger partial charge in [-0.15, -0.1) is 0 Å². The van der Waals surface area contributed by atoms with Crippen LogP contribution in [0.25, 0.3) is 0 Å². The molecule has 0 aliphatic carbocycles. The number of hydrogen-bond acceptors (Lipinski definition) is 4. The number of alkyl halides is 1. The molecule has 0 bridgehead atoms. The highest BCUT2D eigenvalue weighted by atomic mass is 35.7. The molecule has 12 heavy (non-hydrogen) atoms. The monoisotopic (exact) mass is 252 g/mol. The van der Waals surface area contributed by atoms with Crippen LogP contribution in [-0.4, -0.2) is 26.1 Å². The normalized spacial score (nSPS) is 35.2. The van der Waals surface area contributed by atoms with E-state index in [0.717, 1.165) is 0 Å². The van der Waals surface area contributed by atoms with Gasteiger partial charge in [0.2, 0.25) is 0 Å². The van der Waals surface area contributed by atoms with Gasteiger partial charge in [-0.3, -0.25) is 0 Å². The third-order valence-corrected chi connectivity index (χ3v) is 8.83. The van der Waals surface area contributed by atoms with Gasteiger partial charge in [0, 0.05) is 10.7 Å². The van der Waals surface area contributed by atoms with Crippen molar-refractivity contribution in [3.63, 3.8) is 0 Å². The zero-order valence-electron chi connectivity index (χ0n) is 5.83. The predicted octanol–water partition coefficient (Wildman–Crippen LogP) is 0.656. The van der Waals surface area contributed by atoms with Crippen LogP contribution >= 0.6 is 22.3 Å². The molecule has 0 spiro atoms. The largest absolute Gasteiger partial charge is 0.267 e. The Morgan fingerprint density at radius 2 is 1.83 bits per heavy atom. The molecule has 8 heteroatoms. The molecule has 1 saturated heterocycles. The standard InChI is InChI=1S/C4H6Cl2O4S2/c5-4(12(6,9)10)2-1-3-11(4,7)8/h1-3H2/t4-/m1/s1. The lowest BCUT2D eigenvalue weighted by Crippen LogP contribution is -2.34. The fourth-order valence-electron chi connectivity index (χ4n) is 1.05. The fourth-order valence-corrected chi connectivity index (χ4v) is 5.65. The predicted molar refractivity (Wildman–Crippen MR) is 46.4 cm³/mol. The molecule has 1 aliphatic rings. The number of rotatable bonds is 1. The van der Waals surface area contributed by atoms with E-state index in [9.17, 15) is 16.8 Å². The lowest BCUT2D eigenvalue weighted by atomic mass is 10.4.